The van der Waals surface area contributed by atoms with Gasteiger partial charge in [-0.1, -0.05) is 44.2 Å². The number of anilines is 2. The predicted octanol–water partition coefficient (Wildman–Crippen LogP) is 3.96. The maximum absolute atomic E-state index is 12.5. The molecule has 0 aliphatic carbocycles. The zero-order valence-corrected chi connectivity index (χ0v) is 18.7. The lowest BCUT2D eigenvalue weighted by Gasteiger charge is -2.19. The molecule has 1 N–H and O–H groups in total. The normalized spacial score (nSPS) is 15.8. The number of carbonyl (C=O) groups excluding carboxylic acids is 3. The Labute approximate surface area is 183 Å². The van der Waals surface area contributed by atoms with E-state index in [0.29, 0.717) is 0 Å². The lowest BCUT2D eigenvalue weighted by molar-refractivity contribution is -0.151. The van der Waals surface area contributed by atoms with Crippen LogP contribution >= 0.6 is 0 Å². The summed E-state index contributed by atoms with van der Waals surface area (Å²) in [5.74, 6) is -1.57. The molecule has 6 heteroatoms. The van der Waals surface area contributed by atoms with Crippen LogP contribution in [-0.2, 0) is 32.0 Å². The van der Waals surface area contributed by atoms with E-state index in [4.69, 9.17) is 4.74 Å². The first-order chi connectivity index (χ1) is 14.8. The number of amides is 2. The molecule has 1 fully saturated rings. The van der Waals surface area contributed by atoms with Crippen molar-refractivity contribution in [3.63, 3.8) is 0 Å². The van der Waals surface area contributed by atoms with Crippen LogP contribution in [0, 0.1) is 19.8 Å². The van der Waals surface area contributed by atoms with Gasteiger partial charge in [-0.2, -0.15) is 0 Å². The van der Waals surface area contributed by atoms with E-state index in [0.717, 1.165) is 46.5 Å². The van der Waals surface area contributed by atoms with Crippen LogP contribution < -0.4 is 10.2 Å². The fraction of sp³-hybridized carbons (Fsp3) is 0.400. The van der Waals surface area contributed by atoms with E-state index >= 15 is 0 Å². The first-order valence-corrected chi connectivity index (χ1v) is 10.8. The Kier molecular flexibility index (Phi) is 7.10. The number of nitrogens with one attached hydrogen (secondary N) is 1. The predicted molar refractivity (Wildman–Crippen MR) is 121 cm³/mol. The van der Waals surface area contributed by atoms with E-state index in [1.165, 1.54) is 0 Å². The molecular formula is C25H30N2O4. The molecular weight excluding hydrogens is 392 g/mol. The molecule has 2 aromatic carbocycles. The van der Waals surface area contributed by atoms with Crippen molar-refractivity contribution in [1.29, 1.82) is 0 Å². The van der Waals surface area contributed by atoms with Crippen LogP contribution in [0.5, 0.6) is 0 Å². The molecule has 31 heavy (non-hydrogen) atoms. The van der Waals surface area contributed by atoms with Crippen molar-refractivity contribution in [3.05, 3.63) is 58.7 Å². The molecule has 0 radical (unpaired) electrons. The molecule has 6 nitrogen and oxygen atoms in total. The average Bonchev–Trinajstić information content (AvgIpc) is 3.15. The van der Waals surface area contributed by atoms with Gasteiger partial charge in [-0.15, -0.1) is 0 Å². The van der Waals surface area contributed by atoms with Gasteiger partial charge < -0.3 is 15.0 Å². The molecule has 1 saturated heterocycles. The number of para-hydroxylation sites is 1. The van der Waals surface area contributed by atoms with Crippen LogP contribution in [0.1, 0.15) is 42.5 Å². The summed E-state index contributed by atoms with van der Waals surface area (Å²) in [6.45, 7) is 7.87. The molecule has 0 bridgehead atoms. The highest BCUT2D eigenvalue weighted by Gasteiger charge is 2.37. The zero-order valence-electron chi connectivity index (χ0n) is 18.7. The topological polar surface area (TPSA) is 75.7 Å². The van der Waals surface area contributed by atoms with E-state index in [-0.39, 0.29) is 31.4 Å². The number of esters is 1. The molecule has 1 aliphatic heterocycles. The van der Waals surface area contributed by atoms with Crippen LogP contribution in [0.4, 0.5) is 11.4 Å². The van der Waals surface area contributed by atoms with Crippen molar-refractivity contribution in [1.82, 2.24) is 0 Å². The van der Waals surface area contributed by atoms with Gasteiger partial charge in [0.2, 0.25) is 5.91 Å². The summed E-state index contributed by atoms with van der Waals surface area (Å²) in [6.07, 6.45) is 1.68. The second kappa shape index (κ2) is 9.77. The summed E-state index contributed by atoms with van der Waals surface area (Å²) in [5.41, 5.74) is 5.74. The van der Waals surface area contributed by atoms with Crippen LogP contribution in [0.15, 0.2) is 36.4 Å². The van der Waals surface area contributed by atoms with Gasteiger partial charge in [-0.05, 0) is 55.0 Å². The highest BCUT2D eigenvalue weighted by molar-refractivity contribution is 6.00. The second-order valence-corrected chi connectivity index (χ2v) is 8.01. The quantitative estimate of drug-likeness (QED) is 0.685. The Bertz CT molecular complexity index is 977. The first kappa shape index (κ1) is 22.5. The molecule has 0 saturated carbocycles. The number of aryl methyl sites for hydroxylation is 4. The number of hydrogen-bond donors (Lipinski definition) is 1. The summed E-state index contributed by atoms with van der Waals surface area (Å²) >= 11 is 0. The van der Waals surface area contributed by atoms with Crippen molar-refractivity contribution >= 4 is 29.2 Å². The standard InChI is InChI=1S/C25H30N2O4/c1-5-18-8-7-9-19(6-2)24(18)26-22(28)15-31-25(30)20-13-23(29)27(14-20)21-12-16(3)10-11-17(21)4/h7-12,20H,5-6,13-15H2,1-4H3,(H,26,28)/t20-/m1/s1. The van der Waals surface area contributed by atoms with Gasteiger partial charge in [0.1, 0.15) is 0 Å². The van der Waals surface area contributed by atoms with Gasteiger partial charge in [-0.25, -0.2) is 0 Å². The van der Waals surface area contributed by atoms with E-state index in [9.17, 15) is 14.4 Å². The van der Waals surface area contributed by atoms with Gasteiger partial charge in [0, 0.05) is 24.3 Å². The maximum atomic E-state index is 12.5. The summed E-state index contributed by atoms with van der Waals surface area (Å²) in [6, 6.07) is 11.8. The second-order valence-electron chi connectivity index (χ2n) is 8.01. The lowest BCUT2D eigenvalue weighted by Crippen LogP contribution is -2.28. The fourth-order valence-corrected chi connectivity index (χ4v) is 3.94. The summed E-state index contributed by atoms with van der Waals surface area (Å²) in [4.78, 5) is 39.1. The maximum Gasteiger partial charge on any atom is 0.311 e. The van der Waals surface area contributed by atoms with Gasteiger partial charge in [-0.3, -0.25) is 14.4 Å². The third-order valence-corrected chi connectivity index (χ3v) is 5.72. The minimum Gasteiger partial charge on any atom is -0.455 e. The monoisotopic (exact) mass is 422 g/mol. The van der Waals surface area contributed by atoms with Crippen LogP contribution in [0.3, 0.4) is 0 Å². The number of hydrogen-bond acceptors (Lipinski definition) is 4. The van der Waals surface area contributed by atoms with E-state index in [2.05, 4.69) is 5.32 Å². The molecule has 1 atom stereocenters. The molecule has 2 amide bonds. The smallest absolute Gasteiger partial charge is 0.311 e. The number of rotatable bonds is 7. The van der Waals surface area contributed by atoms with E-state index < -0.39 is 11.9 Å². The summed E-state index contributed by atoms with van der Waals surface area (Å²) < 4.78 is 5.26. The molecule has 2 aromatic rings. The molecule has 0 aromatic heterocycles. The zero-order chi connectivity index (χ0) is 22.5. The van der Waals surface area contributed by atoms with E-state index in [1.807, 2.05) is 64.1 Å². The first-order valence-electron chi connectivity index (χ1n) is 10.8. The van der Waals surface area contributed by atoms with Gasteiger partial charge in [0.05, 0.1) is 5.92 Å². The highest BCUT2D eigenvalue weighted by Crippen LogP contribution is 2.29. The van der Waals surface area contributed by atoms with Crippen LogP contribution in [0.2, 0.25) is 0 Å². The molecule has 0 unspecified atom stereocenters. The minimum absolute atomic E-state index is 0.0898. The van der Waals surface area contributed by atoms with Gasteiger partial charge >= 0.3 is 5.97 Å². The number of carbonyl (C=O) groups is 3. The third kappa shape index (κ3) is 5.13. The molecule has 1 aliphatic rings. The largest absolute Gasteiger partial charge is 0.455 e. The van der Waals surface area contributed by atoms with Crippen LogP contribution in [0.25, 0.3) is 0 Å². The Morgan fingerprint density at radius 2 is 1.77 bits per heavy atom. The minimum atomic E-state index is -0.575. The molecule has 164 valence electrons. The van der Waals surface area contributed by atoms with Crippen molar-refractivity contribution in [2.24, 2.45) is 5.92 Å². The number of nitrogens with zero attached hydrogens (tertiary/aromatic N) is 1. The Hall–Kier alpha value is -3.15. The van der Waals surface area contributed by atoms with E-state index in [1.54, 1.807) is 4.90 Å². The summed E-state index contributed by atoms with van der Waals surface area (Å²) in [5, 5.41) is 2.89. The molecule has 3 rings (SSSR count). The number of ether oxygens (including phenoxy) is 1. The SMILES string of the molecule is CCc1cccc(CC)c1NC(=O)COC(=O)[C@@H]1CC(=O)N(c2cc(C)ccc2C)C1. The Morgan fingerprint density at radius 1 is 1.10 bits per heavy atom. The van der Waals surface area contributed by atoms with Gasteiger partial charge in [0.15, 0.2) is 6.61 Å². The third-order valence-electron chi connectivity index (χ3n) is 5.72. The number of benzene rings is 2. The fourth-order valence-electron chi connectivity index (χ4n) is 3.94. The Balaban J connectivity index is 1.60. The summed E-state index contributed by atoms with van der Waals surface area (Å²) in [7, 11) is 0. The highest BCUT2D eigenvalue weighted by atomic mass is 16.5. The molecule has 0 spiro atoms. The lowest BCUT2D eigenvalue weighted by atomic mass is 10.0. The van der Waals surface area contributed by atoms with Crippen molar-refractivity contribution in [3.8, 4) is 0 Å². The van der Waals surface area contributed by atoms with Gasteiger partial charge in [0.25, 0.3) is 5.91 Å². The van der Waals surface area contributed by atoms with Crippen LogP contribution in [-0.4, -0.2) is 30.9 Å². The van der Waals surface area contributed by atoms with Crippen molar-refractivity contribution < 1.29 is 19.1 Å². The van der Waals surface area contributed by atoms with Crippen molar-refractivity contribution in [2.75, 3.05) is 23.4 Å². The molecule has 1 heterocycles. The Morgan fingerprint density at radius 3 is 2.42 bits per heavy atom. The van der Waals surface area contributed by atoms with Crippen molar-refractivity contribution in [2.45, 2.75) is 47.0 Å². The average molecular weight is 423 g/mol.